The van der Waals surface area contributed by atoms with Gasteiger partial charge in [-0.25, -0.2) is 0 Å². The molecule has 0 aliphatic carbocycles. The minimum Gasteiger partial charge on any atom is -0.490 e. The summed E-state index contributed by atoms with van der Waals surface area (Å²) in [6, 6.07) is 82.8. The van der Waals surface area contributed by atoms with Crippen molar-refractivity contribution in [2.45, 2.75) is 0 Å². The van der Waals surface area contributed by atoms with Crippen LogP contribution in [0.3, 0.4) is 0 Å². The summed E-state index contributed by atoms with van der Waals surface area (Å²) >= 11 is 0. The van der Waals surface area contributed by atoms with Crippen LogP contribution >= 0.6 is 0 Å². The van der Waals surface area contributed by atoms with Crippen LogP contribution in [0.5, 0.6) is 17.2 Å². The Morgan fingerprint density at radius 3 is 0.797 bits per heavy atom. The van der Waals surface area contributed by atoms with E-state index in [2.05, 4.69) is 200 Å². The Hall–Kier alpha value is -8.34. The predicted octanol–water partition coefficient (Wildman–Crippen LogP) is 16.1. The fraction of sp³-hybridized carbons (Fsp3) is 0. The lowest BCUT2D eigenvalue weighted by atomic mass is 9.93. The first-order chi connectivity index (χ1) is 31.7. The molecule has 0 amide bonds. The summed E-state index contributed by atoms with van der Waals surface area (Å²) in [6.45, 7) is 0. The van der Waals surface area contributed by atoms with E-state index < -0.39 is 7.32 Å². The zero-order valence-corrected chi connectivity index (χ0v) is 34.8. The Morgan fingerprint density at radius 1 is 0.219 bits per heavy atom. The number of hydrogen-bond acceptors (Lipinski definition) is 3. The van der Waals surface area contributed by atoms with E-state index in [9.17, 15) is 0 Å². The van der Waals surface area contributed by atoms with E-state index in [1.54, 1.807) is 0 Å². The van der Waals surface area contributed by atoms with Crippen molar-refractivity contribution in [3.8, 4) is 50.6 Å². The average Bonchev–Trinajstić information content (AvgIpc) is 3.36. The normalized spacial score (nSPS) is 11.4. The molecule has 4 heteroatoms. The molecule has 64 heavy (non-hydrogen) atoms. The third-order valence-corrected chi connectivity index (χ3v) is 12.4. The van der Waals surface area contributed by atoms with Crippen molar-refractivity contribution in [2.75, 3.05) is 0 Å². The van der Waals surface area contributed by atoms with E-state index in [-0.39, 0.29) is 0 Å². The van der Waals surface area contributed by atoms with Crippen molar-refractivity contribution < 1.29 is 14.0 Å². The van der Waals surface area contributed by atoms with Gasteiger partial charge in [0.1, 0.15) is 17.2 Å². The molecule has 12 aromatic carbocycles. The summed E-state index contributed by atoms with van der Waals surface area (Å²) in [6.07, 6.45) is 0. The molecule has 0 heterocycles. The first kappa shape index (κ1) is 37.4. The van der Waals surface area contributed by atoms with E-state index in [0.717, 1.165) is 33.4 Å². The number of benzene rings is 12. The molecule has 300 valence electrons. The molecule has 0 bridgehead atoms. The quantitative estimate of drug-likeness (QED) is 0.107. The van der Waals surface area contributed by atoms with Gasteiger partial charge in [-0.1, -0.05) is 182 Å². The summed E-state index contributed by atoms with van der Waals surface area (Å²) in [5.41, 5.74) is 6.49. The van der Waals surface area contributed by atoms with Gasteiger partial charge in [-0.05, 0) is 153 Å². The molecule has 0 aromatic heterocycles. The highest BCUT2D eigenvalue weighted by atomic mass is 16.7. The molecule has 0 radical (unpaired) electrons. The zero-order chi connectivity index (χ0) is 42.4. The molecule has 0 spiro atoms. The third-order valence-electron chi connectivity index (χ3n) is 12.4. The summed E-state index contributed by atoms with van der Waals surface area (Å²) < 4.78 is 20.4. The van der Waals surface area contributed by atoms with Gasteiger partial charge in [0, 0.05) is 0 Å². The van der Waals surface area contributed by atoms with Crippen molar-refractivity contribution in [3.63, 3.8) is 0 Å². The van der Waals surface area contributed by atoms with Crippen molar-refractivity contribution in [2.24, 2.45) is 0 Å². The minimum absolute atomic E-state index is 0.619. The monoisotopic (exact) mass is 818 g/mol. The lowest BCUT2D eigenvalue weighted by Gasteiger charge is -2.19. The summed E-state index contributed by atoms with van der Waals surface area (Å²) in [5, 5.41) is 14.4. The maximum absolute atomic E-state index is 6.79. The Morgan fingerprint density at radius 2 is 0.484 bits per heavy atom. The molecule has 0 unspecified atom stereocenters. The summed E-state index contributed by atoms with van der Waals surface area (Å²) in [4.78, 5) is 0. The molecule has 0 fully saturated rings. The highest BCUT2D eigenvalue weighted by Gasteiger charge is 2.31. The molecular formula is C60H39BO3. The molecule has 0 N–H and O–H groups in total. The van der Waals surface area contributed by atoms with E-state index in [0.29, 0.717) is 17.2 Å². The fourth-order valence-corrected chi connectivity index (χ4v) is 9.50. The van der Waals surface area contributed by atoms with Gasteiger partial charge in [0.15, 0.2) is 0 Å². The largest absolute Gasteiger partial charge is 0.864 e. The molecule has 12 rings (SSSR count). The lowest BCUT2D eigenvalue weighted by Crippen LogP contribution is -2.37. The first-order valence-electron chi connectivity index (χ1n) is 21.7. The topological polar surface area (TPSA) is 27.7 Å². The molecule has 12 aromatic rings. The minimum atomic E-state index is -1.14. The van der Waals surface area contributed by atoms with Gasteiger partial charge in [0.05, 0.1) is 0 Å². The molecule has 0 atom stereocenters. The maximum Gasteiger partial charge on any atom is 0.864 e. The maximum atomic E-state index is 6.79. The summed E-state index contributed by atoms with van der Waals surface area (Å²) in [5.74, 6) is 1.86. The predicted molar refractivity (Wildman–Crippen MR) is 268 cm³/mol. The molecule has 0 saturated carbocycles. The first-order valence-corrected chi connectivity index (χ1v) is 21.7. The lowest BCUT2D eigenvalue weighted by molar-refractivity contribution is 0.307. The zero-order valence-electron chi connectivity index (χ0n) is 34.8. The number of rotatable bonds is 9. The van der Waals surface area contributed by atoms with Crippen LogP contribution in [0.25, 0.3) is 98.0 Å². The van der Waals surface area contributed by atoms with Gasteiger partial charge < -0.3 is 14.0 Å². The van der Waals surface area contributed by atoms with Crippen LogP contribution in [0.1, 0.15) is 0 Å². The van der Waals surface area contributed by atoms with E-state index >= 15 is 0 Å². The van der Waals surface area contributed by atoms with Crippen LogP contribution in [-0.4, -0.2) is 7.32 Å². The highest BCUT2D eigenvalue weighted by Crippen LogP contribution is 2.40. The third kappa shape index (κ3) is 6.83. The smallest absolute Gasteiger partial charge is 0.490 e. The molecule has 0 saturated heterocycles. The number of fused-ring (bicyclic) bond motifs is 9. The second-order valence-electron chi connectivity index (χ2n) is 16.3. The van der Waals surface area contributed by atoms with Gasteiger partial charge >= 0.3 is 7.32 Å². The second-order valence-corrected chi connectivity index (χ2v) is 16.3. The van der Waals surface area contributed by atoms with Gasteiger partial charge in [-0.2, -0.15) is 0 Å². The Bertz CT molecular complexity index is 3350. The van der Waals surface area contributed by atoms with Crippen LogP contribution in [0.2, 0.25) is 0 Å². The van der Waals surface area contributed by atoms with Gasteiger partial charge in [-0.3, -0.25) is 0 Å². The Kier molecular flexibility index (Phi) is 9.27. The van der Waals surface area contributed by atoms with E-state index in [1.807, 2.05) is 36.4 Å². The van der Waals surface area contributed by atoms with Crippen molar-refractivity contribution in [1.82, 2.24) is 0 Å². The fourth-order valence-electron chi connectivity index (χ4n) is 9.50. The van der Waals surface area contributed by atoms with Crippen molar-refractivity contribution in [3.05, 3.63) is 237 Å². The van der Waals surface area contributed by atoms with Crippen LogP contribution < -0.4 is 14.0 Å². The van der Waals surface area contributed by atoms with Crippen LogP contribution in [0, 0.1) is 0 Å². The van der Waals surface area contributed by atoms with Crippen LogP contribution in [0.4, 0.5) is 0 Å². The highest BCUT2D eigenvalue weighted by molar-refractivity contribution is 6.39. The molecular weight excluding hydrogens is 779 g/mol. The van der Waals surface area contributed by atoms with Crippen LogP contribution in [-0.2, 0) is 0 Å². The van der Waals surface area contributed by atoms with Gasteiger partial charge in [-0.15, -0.1) is 0 Å². The molecule has 0 aliphatic rings. The summed E-state index contributed by atoms with van der Waals surface area (Å²) in [7, 11) is -1.14. The molecule has 0 aliphatic heterocycles. The van der Waals surface area contributed by atoms with Crippen LogP contribution in [0.15, 0.2) is 237 Å². The standard InChI is InChI=1S/C60H39BO3/c1-4-25-49-43(16-1)37-58(55-31-10-7-28-52(49)55)40-19-13-22-46(34-40)62-61(63-47-23-14-20-41(35-47)59-38-44-17-2-5-26-50(44)53-29-8-11-32-56(53)59)64-48-24-15-21-42(36-48)60-39-45-18-3-6-27-51(45)54-30-9-12-33-57(54)60/h1-39H. The van der Waals surface area contributed by atoms with Crippen molar-refractivity contribution >= 4 is 72.0 Å². The second kappa shape index (κ2) is 15.8. The average molecular weight is 819 g/mol. The Balaban J connectivity index is 0.942. The van der Waals surface area contributed by atoms with Gasteiger partial charge in [0.2, 0.25) is 0 Å². The van der Waals surface area contributed by atoms with Gasteiger partial charge in [0.25, 0.3) is 0 Å². The van der Waals surface area contributed by atoms with E-state index in [4.69, 9.17) is 14.0 Å². The molecule has 3 nitrogen and oxygen atoms in total. The number of hydrogen-bond donors (Lipinski definition) is 0. The van der Waals surface area contributed by atoms with E-state index in [1.165, 1.54) is 64.6 Å². The SMILES string of the molecule is c1cc(OB(Oc2cccc(-c3cc4ccccc4c4ccccc34)c2)Oc2cccc(-c3cc4ccccc4c4ccccc34)c2)cc(-c2cc3ccccc3c3ccccc23)c1. The van der Waals surface area contributed by atoms with Crippen molar-refractivity contribution in [1.29, 1.82) is 0 Å². The Labute approximate surface area is 371 Å².